The fourth-order valence-corrected chi connectivity index (χ4v) is 5.02. The second kappa shape index (κ2) is 10.9. The summed E-state index contributed by atoms with van der Waals surface area (Å²) in [6, 6.07) is 12.2. The number of anilines is 1. The maximum atomic E-state index is 13.2. The summed E-state index contributed by atoms with van der Waals surface area (Å²) in [5.41, 5.74) is 1.61. The van der Waals surface area contributed by atoms with E-state index in [0.29, 0.717) is 24.9 Å². The van der Waals surface area contributed by atoms with Crippen LogP contribution in [0.15, 0.2) is 53.4 Å². The average Bonchev–Trinajstić information content (AvgIpc) is 3.26. The molecule has 8 nitrogen and oxygen atoms in total. The van der Waals surface area contributed by atoms with Gasteiger partial charge in [0.15, 0.2) is 5.13 Å². The molecule has 0 saturated carbocycles. The average molecular weight is 485 g/mol. The number of thioether (sulfide) groups is 1. The first-order valence-electron chi connectivity index (χ1n) is 10.5. The maximum Gasteiger partial charge on any atom is 0.269 e. The van der Waals surface area contributed by atoms with Gasteiger partial charge in [-0.1, -0.05) is 11.3 Å². The second-order valence-corrected chi connectivity index (χ2v) is 9.34. The summed E-state index contributed by atoms with van der Waals surface area (Å²) in [5, 5.41) is 11.5. The molecule has 0 N–H and O–H groups in total. The van der Waals surface area contributed by atoms with Gasteiger partial charge >= 0.3 is 0 Å². The van der Waals surface area contributed by atoms with E-state index in [4.69, 9.17) is 9.72 Å². The zero-order chi connectivity index (χ0) is 23.2. The lowest BCUT2D eigenvalue weighted by molar-refractivity contribution is -0.384. The van der Waals surface area contributed by atoms with Gasteiger partial charge in [0.05, 0.1) is 28.4 Å². The Hall–Kier alpha value is -2.79. The number of carbonyl (C=O) groups excluding carboxylic acids is 1. The van der Waals surface area contributed by atoms with Crippen LogP contribution in [0.1, 0.15) is 5.56 Å². The molecule has 0 radical (unpaired) electrons. The topological polar surface area (TPSA) is 88.8 Å². The summed E-state index contributed by atoms with van der Waals surface area (Å²) in [6.07, 6.45) is 5.21. The Morgan fingerprint density at radius 2 is 2.03 bits per heavy atom. The highest BCUT2D eigenvalue weighted by atomic mass is 32.2. The molecule has 33 heavy (non-hydrogen) atoms. The highest BCUT2D eigenvalue weighted by Crippen LogP contribution is 2.32. The molecule has 0 bridgehead atoms. The number of aromatic nitrogens is 1. The van der Waals surface area contributed by atoms with Crippen LogP contribution in [0.3, 0.4) is 0 Å². The SMILES string of the molecule is CSc1ccc2nc(N(CCN3CCOCC3)C(=O)C=Cc3ccc([N+](=O)[O-])cc3)sc2c1. The van der Waals surface area contributed by atoms with E-state index in [1.165, 1.54) is 29.5 Å². The second-order valence-electron chi connectivity index (χ2n) is 7.46. The molecular formula is C23H24N4O4S2. The highest BCUT2D eigenvalue weighted by Gasteiger charge is 2.20. The summed E-state index contributed by atoms with van der Waals surface area (Å²) in [6.45, 7) is 4.33. The van der Waals surface area contributed by atoms with Crippen molar-refractivity contribution in [2.75, 3.05) is 50.5 Å². The molecule has 2 aromatic carbocycles. The lowest BCUT2D eigenvalue weighted by atomic mass is 10.2. The standard InChI is InChI=1S/C23H24N4O4S2/c1-32-19-7-8-20-21(16-19)33-23(24-20)26(11-10-25-12-14-31-15-13-25)22(28)9-4-17-2-5-18(6-3-17)27(29)30/h2-9,16H,10-15H2,1H3. The van der Waals surface area contributed by atoms with Gasteiger partial charge in [-0.05, 0) is 48.2 Å². The summed E-state index contributed by atoms with van der Waals surface area (Å²) < 4.78 is 6.47. The first-order valence-corrected chi connectivity index (χ1v) is 12.6. The predicted molar refractivity (Wildman–Crippen MR) is 133 cm³/mol. The molecule has 3 aromatic rings. The molecule has 172 valence electrons. The van der Waals surface area contributed by atoms with Gasteiger partial charge in [-0.2, -0.15) is 0 Å². The molecule has 0 atom stereocenters. The molecule has 10 heteroatoms. The van der Waals surface area contributed by atoms with E-state index in [1.54, 1.807) is 34.9 Å². The van der Waals surface area contributed by atoms with Crippen molar-refractivity contribution in [1.82, 2.24) is 9.88 Å². The van der Waals surface area contributed by atoms with Crippen LogP contribution >= 0.6 is 23.1 Å². The van der Waals surface area contributed by atoms with Crippen molar-refractivity contribution in [2.45, 2.75) is 4.90 Å². The van der Waals surface area contributed by atoms with E-state index >= 15 is 0 Å². The van der Waals surface area contributed by atoms with Crippen LogP contribution in [0.4, 0.5) is 10.8 Å². The monoisotopic (exact) mass is 484 g/mol. The number of amides is 1. The number of nitro groups is 1. The quantitative estimate of drug-likeness (QED) is 0.204. The third-order valence-corrected chi connectivity index (χ3v) is 7.11. The van der Waals surface area contributed by atoms with E-state index < -0.39 is 4.92 Å². The lowest BCUT2D eigenvalue weighted by Crippen LogP contribution is -2.42. The summed E-state index contributed by atoms with van der Waals surface area (Å²) >= 11 is 3.18. The van der Waals surface area contributed by atoms with Gasteiger partial charge in [0, 0.05) is 49.3 Å². The maximum absolute atomic E-state index is 13.2. The Kier molecular flexibility index (Phi) is 7.71. The van der Waals surface area contributed by atoms with Gasteiger partial charge < -0.3 is 4.74 Å². The Bertz CT molecular complexity index is 1160. The number of nitro benzene ring substituents is 1. The zero-order valence-electron chi connectivity index (χ0n) is 18.2. The normalized spacial score (nSPS) is 14.7. The van der Waals surface area contributed by atoms with Crippen LogP contribution in [0, 0.1) is 10.1 Å². The fourth-order valence-electron chi connectivity index (χ4n) is 3.47. The largest absolute Gasteiger partial charge is 0.379 e. The summed E-state index contributed by atoms with van der Waals surface area (Å²) in [4.78, 5) is 33.5. The minimum Gasteiger partial charge on any atom is -0.379 e. The predicted octanol–water partition coefficient (Wildman–Crippen LogP) is 4.31. The number of carbonyl (C=O) groups is 1. The van der Waals surface area contributed by atoms with Gasteiger partial charge in [-0.3, -0.25) is 24.7 Å². The number of fused-ring (bicyclic) bond motifs is 1. The van der Waals surface area contributed by atoms with Crippen molar-refractivity contribution in [2.24, 2.45) is 0 Å². The van der Waals surface area contributed by atoms with Crippen molar-refractivity contribution < 1.29 is 14.5 Å². The van der Waals surface area contributed by atoms with Gasteiger partial charge in [0.2, 0.25) is 0 Å². The molecule has 1 aromatic heterocycles. The Balaban J connectivity index is 1.55. The summed E-state index contributed by atoms with van der Waals surface area (Å²) in [7, 11) is 0. The number of hydrogen-bond acceptors (Lipinski definition) is 8. The third-order valence-electron chi connectivity index (χ3n) is 5.35. The number of benzene rings is 2. The third kappa shape index (κ3) is 5.97. The van der Waals surface area contributed by atoms with Gasteiger partial charge in [-0.15, -0.1) is 11.8 Å². The van der Waals surface area contributed by atoms with Crippen LogP contribution in [0.5, 0.6) is 0 Å². The van der Waals surface area contributed by atoms with E-state index in [1.807, 2.05) is 18.4 Å². The Morgan fingerprint density at radius 3 is 2.73 bits per heavy atom. The number of morpholine rings is 1. The van der Waals surface area contributed by atoms with Crippen molar-refractivity contribution in [3.63, 3.8) is 0 Å². The molecule has 0 aliphatic carbocycles. The van der Waals surface area contributed by atoms with Crippen LogP contribution in [0.25, 0.3) is 16.3 Å². The van der Waals surface area contributed by atoms with Crippen molar-refractivity contribution in [3.05, 3.63) is 64.2 Å². The van der Waals surface area contributed by atoms with E-state index in [2.05, 4.69) is 11.0 Å². The molecule has 1 fully saturated rings. The van der Waals surface area contributed by atoms with Crippen LogP contribution < -0.4 is 4.90 Å². The molecule has 2 heterocycles. The molecule has 1 amide bonds. The van der Waals surface area contributed by atoms with Gasteiger partial charge in [0.25, 0.3) is 11.6 Å². The van der Waals surface area contributed by atoms with Gasteiger partial charge in [-0.25, -0.2) is 4.98 Å². The minimum absolute atomic E-state index is 0.0182. The smallest absolute Gasteiger partial charge is 0.269 e. The first kappa shape index (κ1) is 23.4. The van der Waals surface area contributed by atoms with Crippen molar-refractivity contribution in [3.8, 4) is 0 Å². The number of ether oxygens (including phenoxy) is 1. The van der Waals surface area contributed by atoms with E-state index in [9.17, 15) is 14.9 Å². The molecule has 0 unspecified atom stereocenters. The molecule has 1 aliphatic heterocycles. The number of non-ortho nitro benzene ring substituents is 1. The van der Waals surface area contributed by atoms with Crippen LogP contribution in [0.2, 0.25) is 0 Å². The highest BCUT2D eigenvalue weighted by molar-refractivity contribution is 7.98. The van der Waals surface area contributed by atoms with E-state index in [-0.39, 0.29) is 11.6 Å². The van der Waals surface area contributed by atoms with Crippen molar-refractivity contribution >= 4 is 56.1 Å². The minimum atomic E-state index is -0.443. The molecule has 4 rings (SSSR count). The van der Waals surface area contributed by atoms with Crippen LogP contribution in [-0.2, 0) is 9.53 Å². The number of rotatable bonds is 8. The fraction of sp³-hybridized carbons (Fsp3) is 0.304. The van der Waals surface area contributed by atoms with Crippen molar-refractivity contribution in [1.29, 1.82) is 0 Å². The van der Waals surface area contributed by atoms with Crippen LogP contribution in [-0.4, -0.2) is 66.4 Å². The number of hydrogen-bond donors (Lipinski definition) is 0. The molecular weight excluding hydrogens is 460 g/mol. The van der Waals surface area contributed by atoms with E-state index in [0.717, 1.165) is 40.3 Å². The molecule has 0 spiro atoms. The molecule has 1 aliphatic rings. The number of nitrogens with zero attached hydrogens (tertiary/aromatic N) is 4. The number of thiazole rings is 1. The first-order chi connectivity index (χ1) is 16.0. The Labute approximate surface area is 200 Å². The Morgan fingerprint density at radius 1 is 1.27 bits per heavy atom. The molecule has 1 saturated heterocycles. The lowest BCUT2D eigenvalue weighted by Gasteiger charge is -2.28. The van der Waals surface area contributed by atoms with Gasteiger partial charge in [0.1, 0.15) is 0 Å². The summed E-state index contributed by atoms with van der Waals surface area (Å²) in [5.74, 6) is -0.175. The zero-order valence-corrected chi connectivity index (χ0v) is 19.8.